The third kappa shape index (κ3) is 3.90. The average molecular weight is 416 g/mol. The number of oxazole rings is 1. The highest BCUT2D eigenvalue weighted by atomic mass is 32.2. The molecular formula is C21H21FN2O4S. The van der Waals surface area contributed by atoms with Crippen LogP contribution in [0.15, 0.2) is 68.9 Å². The molecular weight excluding hydrogens is 395 g/mol. The van der Waals surface area contributed by atoms with Crippen LogP contribution in [0.5, 0.6) is 0 Å². The summed E-state index contributed by atoms with van der Waals surface area (Å²) in [5.41, 5.74) is 0.497. The van der Waals surface area contributed by atoms with E-state index in [9.17, 15) is 12.8 Å². The SMILES string of the molecule is C[C@@H]1CN(c2oc(-c3ccc(F)cc3)nc2S(=O)(=O)c2ccccc2)C[C@@H](C)O1. The lowest BCUT2D eigenvalue weighted by atomic mass is 10.2. The number of hydrogen-bond donors (Lipinski definition) is 0. The third-order valence-corrected chi connectivity index (χ3v) is 6.35. The number of morpholine rings is 1. The lowest BCUT2D eigenvalue weighted by Crippen LogP contribution is -2.45. The van der Waals surface area contributed by atoms with Gasteiger partial charge in [-0.05, 0) is 50.2 Å². The number of anilines is 1. The van der Waals surface area contributed by atoms with Crippen molar-refractivity contribution in [2.24, 2.45) is 0 Å². The number of benzene rings is 2. The first-order valence-corrected chi connectivity index (χ1v) is 10.8. The smallest absolute Gasteiger partial charge is 0.236 e. The largest absolute Gasteiger partial charge is 0.419 e. The van der Waals surface area contributed by atoms with Crippen LogP contribution in [0.1, 0.15) is 13.8 Å². The van der Waals surface area contributed by atoms with Crippen LogP contribution in [0.3, 0.4) is 0 Å². The molecule has 0 bridgehead atoms. The molecule has 0 radical (unpaired) electrons. The fraction of sp³-hybridized carbons (Fsp3) is 0.286. The Bertz CT molecular complexity index is 1090. The van der Waals surface area contributed by atoms with Crippen molar-refractivity contribution in [1.29, 1.82) is 0 Å². The summed E-state index contributed by atoms with van der Waals surface area (Å²) in [5, 5.41) is -0.149. The summed E-state index contributed by atoms with van der Waals surface area (Å²) in [4.78, 5) is 6.30. The first kappa shape index (κ1) is 19.6. The number of aromatic nitrogens is 1. The predicted octanol–water partition coefficient (Wildman–Crippen LogP) is 3.93. The molecule has 8 heteroatoms. The van der Waals surface area contributed by atoms with Gasteiger partial charge in [0.25, 0.3) is 0 Å². The van der Waals surface area contributed by atoms with Gasteiger partial charge < -0.3 is 14.1 Å². The molecule has 152 valence electrons. The molecule has 1 aliphatic rings. The molecule has 3 aromatic rings. The summed E-state index contributed by atoms with van der Waals surface area (Å²) in [6, 6.07) is 13.7. The maximum absolute atomic E-state index is 13.3. The molecule has 2 heterocycles. The first-order chi connectivity index (χ1) is 13.8. The second-order valence-electron chi connectivity index (χ2n) is 7.12. The number of sulfone groups is 1. The zero-order chi connectivity index (χ0) is 20.6. The number of rotatable bonds is 4. The molecule has 4 rings (SSSR count). The van der Waals surface area contributed by atoms with Crippen molar-refractivity contribution in [3.63, 3.8) is 0 Å². The van der Waals surface area contributed by atoms with Crippen LogP contribution in [-0.2, 0) is 14.6 Å². The molecule has 0 unspecified atom stereocenters. The second kappa shape index (κ2) is 7.61. The van der Waals surface area contributed by atoms with E-state index < -0.39 is 15.7 Å². The first-order valence-electron chi connectivity index (χ1n) is 9.32. The van der Waals surface area contributed by atoms with E-state index in [-0.39, 0.29) is 33.9 Å². The molecule has 1 aromatic heterocycles. The van der Waals surface area contributed by atoms with Gasteiger partial charge in [0, 0.05) is 18.7 Å². The number of hydrogen-bond acceptors (Lipinski definition) is 6. The van der Waals surface area contributed by atoms with Gasteiger partial charge >= 0.3 is 0 Å². The van der Waals surface area contributed by atoms with Gasteiger partial charge in [-0.25, -0.2) is 12.8 Å². The molecule has 2 atom stereocenters. The summed E-state index contributed by atoms with van der Waals surface area (Å²) in [5.74, 6) is -0.0926. The summed E-state index contributed by atoms with van der Waals surface area (Å²) in [6.07, 6.45) is -0.184. The van der Waals surface area contributed by atoms with Crippen molar-refractivity contribution in [3.05, 3.63) is 60.4 Å². The van der Waals surface area contributed by atoms with E-state index in [2.05, 4.69) is 4.98 Å². The topological polar surface area (TPSA) is 72.6 Å². The molecule has 2 aromatic carbocycles. The van der Waals surface area contributed by atoms with Crippen LogP contribution in [0.2, 0.25) is 0 Å². The zero-order valence-electron chi connectivity index (χ0n) is 16.1. The van der Waals surface area contributed by atoms with Gasteiger partial charge in [0.15, 0.2) is 0 Å². The summed E-state index contributed by atoms with van der Waals surface area (Å²) < 4.78 is 51.6. The van der Waals surface area contributed by atoms with Crippen molar-refractivity contribution < 1.29 is 22.0 Å². The normalized spacial score (nSPS) is 20.0. The Morgan fingerprint density at radius 1 is 1.00 bits per heavy atom. The van der Waals surface area contributed by atoms with Gasteiger partial charge in [0.05, 0.1) is 17.1 Å². The second-order valence-corrected chi connectivity index (χ2v) is 8.98. The van der Waals surface area contributed by atoms with Gasteiger partial charge in [0.1, 0.15) is 5.82 Å². The van der Waals surface area contributed by atoms with Gasteiger partial charge in [-0.1, -0.05) is 18.2 Å². The van der Waals surface area contributed by atoms with Crippen LogP contribution in [-0.4, -0.2) is 38.7 Å². The summed E-state index contributed by atoms with van der Waals surface area (Å²) >= 11 is 0. The number of nitrogens with zero attached hydrogens (tertiary/aromatic N) is 2. The van der Waals surface area contributed by atoms with Gasteiger partial charge in [-0.3, -0.25) is 0 Å². The highest BCUT2D eigenvalue weighted by Crippen LogP contribution is 2.35. The van der Waals surface area contributed by atoms with E-state index >= 15 is 0 Å². The minimum absolute atomic E-state index is 0.0922. The molecule has 0 N–H and O–H groups in total. The van der Waals surface area contributed by atoms with Crippen molar-refractivity contribution in [1.82, 2.24) is 4.98 Å². The molecule has 1 saturated heterocycles. The maximum Gasteiger partial charge on any atom is 0.236 e. The van der Waals surface area contributed by atoms with Crippen LogP contribution in [0, 0.1) is 5.82 Å². The monoisotopic (exact) mass is 416 g/mol. The van der Waals surface area contributed by atoms with E-state index in [1.54, 1.807) is 18.2 Å². The quantitative estimate of drug-likeness (QED) is 0.642. The molecule has 0 aliphatic carbocycles. The molecule has 1 aliphatic heterocycles. The Kier molecular flexibility index (Phi) is 5.14. The van der Waals surface area contributed by atoms with Crippen LogP contribution in [0.4, 0.5) is 10.3 Å². The van der Waals surface area contributed by atoms with E-state index in [1.165, 1.54) is 36.4 Å². The Balaban J connectivity index is 1.85. The van der Waals surface area contributed by atoms with Crippen molar-refractivity contribution in [2.45, 2.75) is 36.0 Å². The predicted molar refractivity (Wildman–Crippen MR) is 106 cm³/mol. The lowest BCUT2D eigenvalue weighted by Gasteiger charge is -2.35. The van der Waals surface area contributed by atoms with Gasteiger partial charge in [-0.15, -0.1) is 0 Å². The van der Waals surface area contributed by atoms with E-state index in [4.69, 9.17) is 9.15 Å². The van der Waals surface area contributed by atoms with Crippen LogP contribution < -0.4 is 4.90 Å². The minimum atomic E-state index is -3.91. The summed E-state index contributed by atoms with van der Waals surface area (Å²) in [7, 11) is -3.91. The average Bonchev–Trinajstić information content (AvgIpc) is 3.15. The Morgan fingerprint density at radius 2 is 1.62 bits per heavy atom. The van der Waals surface area contributed by atoms with Crippen molar-refractivity contribution in [2.75, 3.05) is 18.0 Å². The highest BCUT2D eigenvalue weighted by molar-refractivity contribution is 7.91. The molecule has 6 nitrogen and oxygen atoms in total. The van der Waals surface area contributed by atoms with E-state index in [0.29, 0.717) is 18.7 Å². The Hall–Kier alpha value is -2.71. The standard InChI is InChI=1S/C21H21FN2O4S/c1-14-12-24(13-15(2)27-14)21-20(29(25,26)18-6-4-3-5-7-18)23-19(28-21)16-8-10-17(22)11-9-16/h3-11,14-15H,12-13H2,1-2H3/t14-,15-/m1/s1. The maximum atomic E-state index is 13.3. The van der Waals surface area contributed by atoms with Crippen LogP contribution in [0.25, 0.3) is 11.5 Å². The van der Waals surface area contributed by atoms with Gasteiger partial charge in [0.2, 0.25) is 26.6 Å². The molecule has 0 amide bonds. The molecule has 0 spiro atoms. The minimum Gasteiger partial charge on any atom is -0.419 e. The number of halogens is 1. The van der Waals surface area contributed by atoms with E-state index in [0.717, 1.165) is 0 Å². The van der Waals surface area contributed by atoms with Gasteiger partial charge in [-0.2, -0.15) is 4.98 Å². The third-order valence-electron chi connectivity index (χ3n) is 4.69. The lowest BCUT2D eigenvalue weighted by molar-refractivity contribution is -0.00657. The fourth-order valence-corrected chi connectivity index (χ4v) is 4.79. The molecule has 0 saturated carbocycles. The molecule has 29 heavy (non-hydrogen) atoms. The Labute approximate surface area is 168 Å². The van der Waals surface area contributed by atoms with Crippen LogP contribution >= 0.6 is 0 Å². The highest BCUT2D eigenvalue weighted by Gasteiger charge is 2.34. The Morgan fingerprint density at radius 3 is 2.24 bits per heavy atom. The van der Waals surface area contributed by atoms with Crippen molar-refractivity contribution in [3.8, 4) is 11.5 Å². The van der Waals surface area contributed by atoms with Crippen molar-refractivity contribution >= 4 is 15.7 Å². The van der Waals surface area contributed by atoms with E-state index in [1.807, 2.05) is 18.7 Å². The fourth-order valence-electron chi connectivity index (χ4n) is 3.44. The summed E-state index contributed by atoms with van der Waals surface area (Å²) in [6.45, 7) is 4.79. The number of ether oxygens (including phenoxy) is 1. The zero-order valence-corrected chi connectivity index (χ0v) is 16.9. The molecule has 1 fully saturated rings.